The van der Waals surface area contributed by atoms with Crippen LogP contribution in [0.25, 0.3) is 0 Å². The summed E-state index contributed by atoms with van der Waals surface area (Å²) in [6.07, 6.45) is 2.36. The number of carbonyl (C=O) groups is 3. The first-order chi connectivity index (χ1) is 13.8. The number of rotatable bonds is 5. The fourth-order valence-corrected chi connectivity index (χ4v) is 3.62. The van der Waals surface area contributed by atoms with Crippen molar-refractivity contribution in [2.45, 2.75) is 45.1 Å². The monoisotopic (exact) mass is 394 g/mol. The van der Waals surface area contributed by atoms with Crippen LogP contribution >= 0.6 is 0 Å². The van der Waals surface area contributed by atoms with Gasteiger partial charge in [0.05, 0.1) is 0 Å². The van der Waals surface area contributed by atoms with Gasteiger partial charge < -0.3 is 15.7 Å². The Kier molecular flexibility index (Phi) is 6.01. The lowest BCUT2D eigenvalue weighted by Crippen LogP contribution is -2.56. The van der Waals surface area contributed by atoms with Crippen molar-refractivity contribution < 1.29 is 19.5 Å². The molecule has 0 spiro atoms. The number of nitrogens with one attached hydrogen (secondary N) is 2. The molecule has 6 heteroatoms. The molecule has 0 aliphatic heterocycles. The highest BCUT2D eigenvalue weighted by Gasteiger charge is 2.42. The van der Waals surface area contributed by atoms with E-state index >= 15 is 0 Å². The molecule has 0 saturated heterocycles. The van der Waals surface area contributed by atoms with E-state index in [1.807, 2.05) is 13.0 Å². The van der Waals surface area contributed by atoms with Crippen LogP contribution in [0.5, 0.6) is 0 Å². The van der Waals surface area contributed by atoms with Gasteiger partial charge in [0.2, 0.25) is 0 Å². The maximum Gasteiger partial charge on any atom is 0.329 e. The molecule has 2 aromatic rings. The van der Waals surface area contributed by atoms with E-state index < -0.39 is 17.4 Å². The Morgan fingerprint density at radius 1 is 0.966 bits per heavy atom. The van der Waals surface area contributed by atoms with Crippen molar-refractivity contribution in [3.05, 3.63) is 65.2 Å². The molecule has 3 rings (SSSR count). The van der Waals surface area contributed by atoms with Gasteiger partial charge in [-0.15, -0.1) is 0 Å². The Labute approximate surface area is 170 Å². The molecule has 0 unspecified atom stereocenters. The fourth-order valence-electron chi connectivity index (χ4n) is 3.62. The first-order valence-electron chi connectivity index (χ1n) is 9.84. The van der Waals surface area contributed by atoms with E-state index in [0.29, 0.717) is 35.6 Å². The SMILES string of the molecule is Cc1ccc(C(=O)NC2(C(=O)O)CCC(C)CC2)cc1NC(=O)c1ccccc1. The van der Waals surface area contributed by atoms with Gasteiger partial charge in [0.25, 0.3) is 11.8 Å². The highest BCUT2D eigenvalue weighted by molar-refractivity contribution is 6.05. The molecule has 6 nitrogen and oxygen atoms in total. The predicted molar refractivity (Wildman–Crippen MR) is 111 cm³/mol. The van der Waals surface area contributed by atoms with Crippen LogP contribution in [0.3, 0.4) is 0 Å². The topological polar surface area (TPSA) is 95.5 Å². The number of carboxylic acids is 1. The second-order valence-electron chi connectivity index (χ2n) is 7.87. The number of hydrogen-bond acceptors (Lipinski definition) is 3. The maximum absolute atomic E-state index is 12.8. The van der Waals surface area contributed by atoms with Crippen molar-refractivity contribution in [1.29, 1.82) is 0 Å². The third-order valence-electron chi connectivity index (χ3n) is 5.67. The normalized spacial score (nSPS) is 21.2. The molecule has 1 aliphatic carbocycles. The lowest BCUT2D eigenvalue weighted by atomic mass is 9.77. The van der Waals surface area contributed by atoms with E-state index in [9.17, 15) is 19.5 Å². The number of aryl methyl sites for hydroxylation is 1. The van der Waals surface area contributed by atoms with Crippen LogP contribution in [0.4, 0.5) is 5.69 Å². The molecule has 1 aliphatic rings. The summed E-state index contributed by atoms with van der Waals surface area (Å²) in [6.45, 7) is 3.93. The van der Waals surface area contributed by atoms with Gasteiger partial charge in [0.15, 0.2) is 0 Å². The summed E-state index contributed by atoms with van der Waals surface area (Å²) < 4.78 is 0. The number of carboxylic acid groups (broad SMARTS) is 1. The van der Waals surface area contributed by atoms with Crippen molar-refractivity contribution in [2.24, 2.45) is 5.92 Å². The highest BCUT2D eigenvalue weighted by Crippen LogP contribution is 2.32. The van der Waals surface area contributed by atoms with E-state index in [1.165, 1.54) is 0 Å². The Bertz CT molecular complexity index is 916. The molecule has 3 N–H and O–H groups in total. The van der Waals surface area contributed by atoms with Gasteiger partial charge in [0, 0.05) is 16.8 Å². The first-order valence-corrected chi connectivity index (χ1v) is 9.84. The van der Waals surface area contributed by atoms with E-state index in [2.05, 4.69) is 17.6 Å². The third kappa shape index (κ3) is 4.65. The summed E-state index contributed by atoms with van der Waals surface area (Å²) in [5, 5.41) is 15.3. The van der Waals surface area contributed by atoms with Crippen molar-refractivity contribution >= 4 is 23.5 Å². The van der Waals surface area contributed by atoms with Crippen molar-refractivity contribution in [1.82, 2.24) is 5.32 Å². The van der Waals surface area contributed by atoms with Crippen LogP contribution in [-0.2, 0) is 4.79 Å². The highest BCUT2D eigenvalue weighted by atomic mass is 16.4. The molecule has 1 fully saturated rings. The molecular formula is C23H26N2O4. The lowest BCUT2D eigenvalue weighted by Gasteiger charge is -2.36. The van der Waals surface area contributed by atoms with Crippen LogP contribution in [0.2, 0.25) is 0 Å². The second-order valence-corrected chi connectivity index (χ2v) is 7.87. The third-order valence-corrected chi connectivity index (χ3v) is 5.67. The molecule has 0 heterocycles. The van der Waals surface area contributed by atoms with Crippen LogP contribution in [0.15, 0.2) is 48.5 Å². The summed E-state index contributed by atoms with van der Waals surface area (Å²) in [6, 6.07) is 13.8. The molecule has 2 amide bonds. The molecule has 1 saturated carbocycles. The predicted octanol–water partition coefficient (Wildman–Crippen LogP) is 4.01. The summed E-state index contributed by atoms with van der Waals surface area (Å²) in [4.78, 5) is 37.2. The standard InChI is InChI=1S/C23H26N2O4/c1-15-10-12-23(13-11-15,22(28)29)25-21(27)18-9-8-16(2)19(14-18)24-20(26)17-6-4-3-5-7-17/h3-9,14-15H,10-13H2,1-2H3,(H,24,26)(H,25,27)(H,28,29). The Balaban J connectivity index is 1.78. The molecule has 152 valence electrons. The molecule has 0 atom stereocenters. The summed E-state index contributed by atoms with van der Waals surface area (Å²) in [7, 11) is 0. The first kappa shape index (κ1) is 20.6. The van der Waals surface area contributed by atoms with Crippen molar-refractivity contribution in [2.75, 3.05) is 5.32 Å². The number of carbonyl (C=O) groups excluding carboxylic acids is 2. The van der Waals surface area contributed by atoms with Gasteiger partial charge in [-0.05, 0) is 68.4 Å². The zero-order valence-electron chi connectivity index (χ0n) is 16.7. The zero-order valence-corrected chi connectivity index (χ0v) is 16.7. The summed E-state index contributed by atoms with van der Waals surface area (Å²) in [5.74, 6) is -1.26. The van der Waals surface area contributed by atoms with Gasteiger partial charge in [-0.2, -0.15) is 0 Å². The van der Waals surface area contributed by atoms with Crippen LogP contribution in [-0.4, -0.2) is 28.4 Å². The molecule has 0 aromatic heterocycles. The summed E-state index contributed by atoms with van der Waals surface area (Å²) >= 11 is 0. The van der Waals surface area contributed by atoms with Gasteiger partial charge in [-0.25, -0.2) is 4.79 Å². The van der Waals surface area contributed by atoms with Crippen LogP contribution < -0.4 is 10.6 Å². The fraction of sp³-hybridized carbons (Fsp3) is 0.348. The number of hydrogen-bond donors (Lipinski definition) is 3. The minimum Gasteiger partial charge on any atom is -0.480 e. The van der Waals surface area contributed by atoms with E-state index in [4.69, 9.17) is 0 Å². The van der Waals surface area contributed by atoms with E-state index in [1.54, 1.807) is 42.5 Å². The average Bonchev–Trinajstić information content (AvgIpc) is 2.72. The lowest BCUT2D eigenvalue weighted by molar-refractivity contribution is -0.146. The molecular weight excluding hydrogens is 368 g/mol. The number of benzene rings is 2. The number of anilines is 1. The maximum atomic E-state index is 12.8. The molecule has 29 heavy (non-hydrogen) atoms. The Morgan fingerprint density at radius 3 is 2.24 bits per heavy atom. The van der Waals surface area contributed by atoms with E-state index in [0.717, 1.165) is 18.4 Å². The van der Waals surface area contributed by atoms with Gasteiger partial charge >= 0.3 is 5.97 Å². The van der Waals surface area contributed by atoms with Crippen LogP contribution in [0.1, 0.15) is 58.9 Å². The molecule has 0 radical (unpaired) electrons. The van der Waals surface area contributed by atoms with Crippen LogP contribution in [0, 0.1) is 12.8 Å². The average molecular weight is 394 g/mol. The van der Waals surface area contributed by atoms with Gasteiger partial charge in [-0.1, -0.05) is 31.2 Å². The Morgan fingerprint density at radius 2 is 1.62 bits per heavy atom. The smallest absolute Gasteiger partial charge is 0.329 e. The minimum atomic E-state index is -1.23. The van der Waals surface area contributed by atoms with Gasteiger partial charge in [0.1, 0.15) is 5.54 Å². The number of aliphatic carboxylic acids is 1. The van der Waals surface area contributed by atoms with Crippen molar-refractivity contribution in [3.8, 4) is 0 Å². The largest absolute Gasteiger partial charge is 0.480 e. The zero-order chi connectivity index (χ0) is 21.0. The Hall–Kier alpha value is -3.15. The van der Waals surface area contributed by atoms with Gasteiger partial charge in [-0.3, -0.25) is 9.59 Å². The molecule has 2 aromatic carbocycles. The quantitative estimate of drug-likeness (QED) is 0.714. The van der Waals surface area contributed by atoms with Crippen molar-refractivity contribution in [3.63, 3.8) is 0 Å². The van der Waals surface area contributed by atoms with E-state index in [-0.39, 0.29) is 5.91 Å². The summed E-state index contributed by atoms with van der Waals surface area (Å²) in [5.41, 5.74) is 0.932. The molecule has 0 bridgehead atoms. The number of amides is 2. The second kappa shape index (κ2) is 8.47. The minimum absolute atomic E-state index is 0.269.